The Morgan fingerprint density at radius 1 is 0.536 bits per heavy atom. The SMILES string of the molecule is Cl.NCCCC(=O)NCCCCCCNCCCCCCNC(=O)CCCN. The van der Waals surface area contributed by atoms with E-state index >= 15 is 0 Å². The summed E-state index contributed by atoms with van der Waals surface area (Å²) in [4.78, 5) is 22.8. The molecule has 0 fully saturated rings. The lowest BCUT2D eigenvalue weighted by Crippen LogP contribution is -2.24. The molecule has 0 aromatic carbocycles. The number of nitrogens with one attached hydrogen (secondary N) is 3. The molecule has 0 atom stereocenters. The number of carbonyl (C=O) groups excluding carboxylic acids is 2. The van der Waals surface area contributed by atoms with E-state index in [0.717, 1.165) is 64.7 Å². The van der Waals surface area contributed by atoms with Crippen LogP contribution in [0.3, 0.4) is 0 Å². The standard InChI is InChI=1S/C20H43N5O2.ClH/c21-13-9-11-19(26)24-17-7-3-1-5-15-23-16-6-2-4-8-18-25-20(27)12-10-14-22;/h23H,1-18,21-22H2,(H,24,26)(H,25,27);1H. The first-order chi connectivity index (χ1) is 13.2. The molecule has 0 saturated heterocycles. The molecule has 0 aliphatic rings. The second-order valence-electron chi connectivity index (χ2n) is 7.06. The maximum atomic E-state index is 11.4. The molecule has 0 saturated carbocycles. The molecule has 2 amide bonds. The molecule has 7 nitrogen and oxygen atoms in total. The van der Waals surface area contributed by atoms with E-state index in [2.05, 4.69) is 16.0 Å². The minimum absolute atomic E-state index is 0. The van der Waals surface area contributed by atoms with Crippen LogP contribution in [0.5, 0.6) is 0 Å². The van der Waals surface area contributed by atoms with Crippen LogP contribution in [-0.4, -0.2) is 51.1 Å². The van der Waals surface area contributed by atoms with E-state index in [-0.39, 0.29) is 24.2 Å². The summed E-state index contributed by atoms with van der Waals surface area (Å²) in [6.45, 7) is 4.86. The maximum absolute atomic E-state index is 11.4. The summed E-state index contributed by atoms with van der Waals surface area (Å²) < 4.78 is 0. The van der Waals surface area contributed by atoms with Crippen molar-refractivity contribution in [2.45, 2.75) is 77.0 Å². The van der Waals surface area contributed by atoms with E-state index in [9.17, 15) is 9.59 Å². The van der Waals surface area contributed by atoms with Crippen molar-refractivity contribution in [1.82, 2.24) is 16.0 Å². The van der Waals surface area contributed by atoms with Gasteiger partial charge in [0, 0.05) is 25.9 Å². The van der Waals surface area contributed by atoms with Crippen LogP contribution >= 0.6 is 12.4 Å². The highest BCUT2D eigenvalue weighted by Crippen LogP contribution is 2.00. The Morgan fingerprint density at radius 2 is 0.893 bits per heavy atom. The van der Waals surface area contributed by atoms with Crippen LogP contribution in [-0.2, 0) is 9.59 Å². The van der Waals surface area contributed by atoms with Gasteiger partial charge in [-0.15, -0.1) is 12.4 Å². The number of rotatable bonds is 20. The number of hydrogen-bond acceptors (Lipinski definition) is 5. The first kappa shape index (κ1) is 29.3. The zero-order chi connectivity index (χ0) is 20.0. The average Bonchev–Trinajstić information content (AvgIpc) is 2.67. The smallest absolute Gasteiger partial charge is 0.220 e. The number of amides is 2. The minimum atomic E-state index is 0. The van der Waals surface area contributed by atoms with Gasteiger partial charge in [0.1, 0.15) is 0 Å². The number of halogens is 1. The zero-order valence-electron chi connectivity index (χ0n) is 17.6. The van der Waals surface area contributed by atoms with Crippen LogP contribution in [0.2, 0.25) is 0 Å². The van der Waals surface area contributed by atoms with Crippen molar-refractivity contribution in [1.29, 1.82) is 0 Å². The summed E-state index contributed by atoms with van der Waals surface area (Å²) in [5.74, 6) is 0.243. The van der Waals surface area contributed by atoms with E-state index in [4.69, 9.17) is 11.5 Å². The van der Waals surface area contributed by atoms with Gasteiger partial charge in [0.15, 0.2) is 0 Å². The van der Waals surface area contributed by atoms with Crippen LogP contribution in [0.4, 0.5) is 0 Å². The Kier molecular flexibility index (Phi) is 25.3. The lowest BCUT2D eigenvalue weighted by atomic mass is 10.1. The second-order valence-corrected chi connectivity index (χ2v) is 7.06. The monoisotopic (exact) mass is 421 g/mol. The molecular weight excluding hydrogens is 378 g/mol. The Morgan fingerprint density at radius 3 is 1.25 bits per heavy atom. The van der Waals surface area contributed by atoms with Gasteiger partial charge in [-0.3, -0.25) is 9.59 Å². The van der Waals surface area contributed by atoms with Gasteiger partial charge in [-0.05, 0) is 64.7 Å². The molecule has 168 valence electrons. The third-order valence-electron chi connectivity index (χ3n) is 4.42. The summed E-state index contributed by atoms with van der Waals surface area (Å²) in [6, 6.07) is 0. The Balaban J connectivity index is 0. The van der Waals surface area contributed by atoms with Crippen molar-refractivity contribution < 1.29 is 9.59 Å². The molecule has 0 spiro atoms. The van der Waals surface area contributed by atoms with Gasteiger partial charge in [-0.1, -0.05) is 25.7 Å². The first-order valence-electron chi connectivity index (χ1n) is 10.8. The molecule has 28 heavy (non-hydrogen) atoms. The molecule has 0 radical (unpaired) electrons. The second kappa shape index (κ2) is 24.1. The number of unbranched alkanes of at least 4 members (excludes halogenated alkanes) is 6. The van der Waals surface area contributed by atoms with Gasteiger partial charge in [0.2, 0.25) is 11.8 Å². The third-order valence-corrected chi connectivity index (χ3v) is 4.42. The van der Waals surface area contributed by atoms with Crippen molar-refractivity contribution in [3.05, 3.63) is 0 Å². The summed E-state index contributed by atoms with van der Waals surface area (Å²) in [5.41, 5.74) is 10.8. The molecule has 8 heteroatoms. The predicted molar refractivity (Wildman–Crippen MR) is 120 cm³/mol. The van der Waals surface area contributed by atoms with Crippen LogP contribution in [0.1, 0.15) is 77.0 Å². The van der Waals surface area contributed by atoms with Gasteiger partial charge in [-0.25, -0.2) is 0 Å². The quantitative estimate of drug-likeness (QED) is 0.192. The lowest BCUT2D eigenvalue weighted by molar-refractivity contribution is -0.122. The summed E-state index contributed by atoms with van der Waals surface area (Å²) >= 11 is 0. The highest BCUT2D eigenvalue weighted by molar-refractivity contribution is 5.85. The molecule has 0 aromatic heterocycles. The molecule has 0 heterocycles. The Labute approximate surface area is 177 Å². The van der Waals surface area contributed by atoms with Crippen molar-refractivity contribution in [2.75, 3.05) is 39.3 Å². The zero-order valence-corrected chi connectivity index (χ0v) is 18.4. The fourth-order valence-electron chi connectivity index (χ4n) is 2.74. The third kappa shape index (κ3) is 23.1. The predicted octanol–water partition coefficient (Wildman–Crippen LogP) is 1.83. The van der Waals surface area contributed by atoms with E-state index in [1.165, 1.54) is 25.7 Å². The lowest BCUT2D eigenvalue weighted by Gasteiger charge is -2.07. The van der Waals surface area contributed by atoms with Gasteiger partial charge >= 0.3 is 0 Å². The highest BCUT2D eigenvalue weighted by atomic mass is 35.5. The van der Waals surface area contributed by atoms with Gasteiger partial charge < -0.3 is 27.4 Å². The van der Waals surface area contributed by atoms with Gasteiger partial charge in [0.05, 0.1) is 0 Å². The van der Waals surface area contributed by atoms with Gasteiger partial charge in [0.25, 0.3) is 0 Å². The van der Waals surface area contributed by atoms with Crippen LogP contribution < -0.4 is 27.4 Å². The van der Waals surface area contributed by atoms with E-state index in [1.807, 2.05) is 0 Å². The van der Waals surface area contributed by atoms with Crippen molar-refractivity contribution in [3.63, 3.8) is 0 Å². The topological polar surface area (TPSA) is 122 Å². The molecule has 0 aliphatic carbocycles. The molecular formula is C20H44ClN5O2. The Hall–Kier alpha value is -0.890. The van der Waals surface area contributed by atoms with E-state index < -0.39 is 0 Å². The van der Waals surface area contributed by atoms with Crippen LogP contribution in [0.15, 0.2) is 0 Å². The molecule has 0 aliphatic heterocycles. The Bertz CT molecular complexity index is 327. The van der Waals surface area contributed by atoms with E-state index in [1.54, 1.807) is 0 Å². The summed E-state index contributed by atoms with van der Waals surface area (Å²) in [6.07, 6.45) is 11.8. The molecule has 0 rings (SSSR count). The summed E-state index contributed by atoms with van der Waals surface area (Å²) in [5, 5.41) is 9.35. The number of hydrogen-bond donors (Lipinski definition) is 5. The van der Waals surface area contributed by atoms with Crippen LogP contribution in [0.25, 0.3) is 0 Å². The number of nitrogens with two attached hydrogens (primary N) is 2. The fraction of sp³-hybridized carbons (Fsp3) is 0.900. The molecule has 0 bridgehead atoms. The fourth-order valence-corrected chi connectivity index (χ4v) is 2.74. The van der Waals surface area contributed by atoms with Gasteiger partial charge in [-0.2, -0.15) is 0 Å². The van der Waals surface area contributed by atoms with Crippen molar-refractivity contribution in [3.8, 4) is 0 Å². The van der Waals surface area contributed by atoms with Crippen LogP contribution in [0, 0.1) is 0 Å². The van der Waals surface area contributed by atoms with Crippen molar-refractivity contribution in [2.24, 2.45) is 11.5 Å². The normalized spacial score (nSPS) is 10.4. The minimum Gasteiger partial charge on any atom is -0.356 e. The highest BCUT2D eigenvalue weighted by Gasteiger charge is 2.00. The maximum Gasteiger partial charge on any atom is 0.220 e. The molecule has 0 unspecified atom stereocenters. The molecule has 0 aromatic rings. The molecule has 7 N–H and O–H groups in total. The average molecular weight is 422 g/mol. The number of carbonyl (C=O) groups is 2. The largest absolute Gasteiger partial charge is 0.356 e. The first-order valence-corrected chi connectivity index (χ1v) is 10.8. The summed E-state index contributed by atoms with van der Waals surface area (Å²) in [7, 11) is 0. The van der Waals surface area contributed by atoms with E-state index in [0.29, 0.717) is 25.9 Å². The van der Waals surface area contributed by atoms with Crippen molar-refractivity contribution >= 4 is 24.2 Å².